The van der Waals surface area contributed by atoms with Crippen LogP contribution in [0, 0.1) is 37.1 Å². The van der Waals surface area contributed by atoms with Crippen LogP contribution < -0.4 is 11.1 Å². The molecule has 0 saturated heterocycles. The van der Waals surface area contributed by atoms with Crippen molar-refractivity contribution < 1.29 is 43.9 Å². The summed E-state index contributed by atoms with van der Waals surface area (Å²) in [4.78, 5) is 51.2. The molecule has 0 radical (unpaired) electrons. The Hall–Kier alpha value is -10.1. The number of nitrogens with zero attached hydrogens (tertiary/aromatic N) is 10. The quantitative estimate of drug-likeness (QED) is 0.0455. The SMILES string of the molecule is Cc1cc(-c2cc(F)c(=O)n(Cc3ccc4c(c3)ncn4C)c2)nc(S(=O)(=O)CCC(OCc2ccccc2F)c2ccccc2)n1.Cc1cc(-c2cc(F)c(=O)n(Cc3ccc4ncn(C)c4c3)c2)nc(S(=O)(=O)CCC(OCc2ccccc2F)c2ccccc2)n1. The molecule has 94 heavy (non-hydrogen) atoms. The largest absolute Gasteiger partial charge is 0.369 e. The summed E-state index contributed by atoms with van der Waals surface area (Å²) in [5.41, 5.74) is 6.80. The molecule has 24 heteroatoms. The topological polar surface area (TPSA) is 218 Å². The molecule has 0 bridgehead atoms. The van der Waals surface area contributed by atoms with Gasteiger partial charge < -0.3 is 27.7 Å². The zero-order valence-corrected chi connectivity index (χ0v) is 53.0. The molecule has 6 aromatic heterocycles. The molecule has 0 amide bonds. The third-order valence-corrected chi connectivity index (χ3v) is 18.6. The van der Waals surface area contributed by atoms with E-state index in [2.05, 4.69) is 29.9 Å². The predicted octanol–water partition coefficient (Wildman–Crippen LogP) is 11.9. The molecule has 6 heterocycles. The van der Waals surface area contributed by atoms with Crippen molar-refractivity contribution in [1.29, 1.82) is 0 Å². The highest BCUT2D eigenvalue weighted by molar-refractivity contribution is 7.91. The number of rotatable bonds is 22. The van der Waals surface area contributed by atoms with E-state index in [0.29, 0.717) is 22.5 Å². The normalized spacial score (nSPS) is 12.4. The van der Waals surface area contributed by atoms with Gasteiger partial charge in [0, 0.05) is 60.1 Å². The fourth-order valence-corrected chi connectivity index (χ4v) is 13.1. The first-order chi connectivity index (χ1) is 45.1. The van der Waals surface area contributed by atoms with Crippen molar-refractivity contribution in [1.82, 2.24) is 48.2 Å². The number of hydrogen-bond donors (Lipinski definition) is 0. The summed E-state index contributed by atoms with van der Waals surface area (Å²) in [6.45, 7) is 3.28. The summed E-state index contributed by atoms with van der Waals surface area (Å²) in [7, 11) is -4.37. The Bertz CT molecular complexity index is 5110. The molecular weight excluding hydrogens is 1250 g/mol. The van der Waals surface area contributed by atoms with Crippen LogP contribution in [0.4, 0.5) is 17.6 Å². The van der Waals surface area contributed by atoms with E-state index in [4.69, 9.17) is 9.47 Å². The Morgan fingerprint density at radius 1 is 0.457 bits per heavy atom. The Balaban J connectivity index is 0.000000192. The van der Waals surface area contributed by atoms with Gasteiger partial charge in [-0.05, 0) is 110 Å². The van der Waals surface area contributed by atoms with Crippen molar-refractivity contribution in [3.8, 4) is 22.5 Å². The second-order valence-electron chi connectivity index (χ2n) is 22.5. The van der Waals surface area contributed by atoms with Gasteiger partial charge in [0.1, 0.15) is 11.6 Å². The second kappa shape index (κ2) is 28.4. The average molecular weight is 1310 g/mol. The highest BCUT2D eigenvalue weighted by Gasteiger charge is 2.27. The van der Waals surface area contributed by atoms with E-state index in [1.165, 1.54) is 45.8 Å². The molecule has 2 atom stereocenters. The van der Waals surface area contributed by atoms with Crippen molar-refractivity contribution in [2.24, 2.45) is 14.1 Å². The minimum absolute atomic E-state index is 0.0470. The number of fused-ring (bicyclic) bond motifs is 2. The van der Waals surface area contributed by atoms with E-state index in [0.717, 1.165) is 56.5 Å². The molecule has 12 rings (SSSR count). The van der Waals surface area contributed by atoms with Crippen LogP contribution in [0.25, 0.3) is 44.6 Å². The number of halogens is 4. The van der Waals surface area contributed by atoms with Crippen LogP contribution in [0.1, 0.15) is 69.8 Å². The summed E-state index contributed by atoms with van der Waals surface area (Å²) in [5.74, 6) is -3.55. The van der Waals surface area contributed by atoms with Gasteiger partial charge in [0.2, 0.25) is 30.0 Å². The highest BCUT2D eigenvalue weighted by Crippen LogP contribution is 2.30. The number of imidazole rings is 2. The van der Waals surface area contributed by atoms with Gasteiger partial charge >= 0.3 is 0 Å². The van der Waals surface area contributed by atoms with Gasteiger partial charge in [-0.15, -0.1) is 0 Å². The summed E-state index contributed by atoms with van der Waals surface area (Å²) < 4.78 is 131. The van der Waals surface area contributed by atoms with Gasteiger partial charge in [-0.2, -0.15) is 0 Å². The molecular formula is C70H62F4N10O8S2. The fourth-order valence-electron chi connectivity index (χ4n) is 10.7. The molecule has 0 saturated carbocycles. The molecule has 0 spiro atoms. The lowest BCUT2D eigenvalue weighted by molar-refractivity contribution is 0.0360. The first-order valence-corrected chi connectivity index (χ1v) is 33.0. The molecule has 12 aromatic rings. The zero-order chi connectivity index (χ0) is 66.3. The van der Waals surface area contributed by atoms with Crippen LogP contribution in [-0.4, -0.2) is 76.5 Å². The molecule has 2 unspecified atom stereocenters. The summed E-state index contributed by atoms with van der Waals surface area (Å²) in [5, 5.41) is -0.847. The van der Waals surface area contributed by atoms with Crippen LogP contribution in [-0.2, 0) is 69.5 Å². The standard InChI is InChI=1S/2C35H31F2N5O4S/c1-23-16-30(27-18-29(37)34(43)42(20-27)19-24-12-13-32-31(17-24)38-22-41(32)2)40-35(39-23)47(44,45)15-14-33(25-8-4-3-5-9-25)46-21-26-10-6-7-11-28(26)36;1-23-16-31(27-18-29(37)34(43)42(20-27)19-24-12-13-30-32(17-24)41(2)22-38-30)40-35(39-23)47(44,45)15-14-33(25-8-4-3-5-9-25)46-21-26-10-6-7-11-28(26)36/h2*3-13,16-18,20,22,33H,14-15,19,21H2,1-2H3. The molecule has 0 fully saturated rings. The average Bonchev–Trinajstić information content (AvgIpc) is 1.37. The third-order valence-electron chi connectivity index (χ3n) is 15.6. The fraction of sp³-hybridized carbons (Fsp3) is 0.200. The maximum absolute atomic E-state index is 15.0. The lowest BCUT2D eigenvalue weighted by atomic mass is 10.1. The number of ether oxygens (including phenoxy) is 2. The van der Waals surface area contributed by atoms with Crippen molar-refractivity contribution in [3.63, 3.8) is 0 Å². The first kappa shape index (κ1) is 65.4. The lowest BCUT2D eigenvalue weighted by Gasteiger charge is -2.19. The summed E-state index contributed by atoms with van der Waals surface area (Å²) >= 11 is 0. The highest BCUT2D eigenvalue weighted by atomic mass is 32.2. The predicted molar refractivity (Wildman–Crippen MR) is 347 cm³/mol. The maximum atomic E-state index is 15.0. The van der Waals surface area contributed by atoms with Crippen LogP contribution in [0.5, 0.6) is 0 Å². The van der Waals surface area contributed by atoms with Crippen molar-refractivity contribution in [2.75, 3.05) is 11.5 Å². The van der Waals surface area contributed by atoms with Gasteiger partial charge in [-0.3, -0.25) is 9.59 Å². The van der Waals surface area contributed by atoms with Crippen molar-refractivity contribution in [2.45, 2.75) is 75.5 Å². The number of hydrogen-bond acceptors (Lipinski definition) is 14. The summed E-state index contributed by atoms with van der Waals surface area (Å²) in [6, 6.07) is 46.9. The smallest absolute Gasteiger partial charge is 0.286 e. The number of pyridine rings is 2. The number of benzene rings is 6. The van der Waals surface area contributed by atoms with Crippen LogP contribution >= 0.6 is 0 Å². The Kier molecular flexibility index (Phi) is 19.7. The Morgan fingerprint density at radius 3 is 1.36 bits per heavy atom. The second-order valence-corrected chi connectivity index (χ2v) is 26.6. The number of aryl methyl sites for hydroxylation is 4. The molecule has 0 N–H and O–H groups in total. The van der Waals surface area contributed by atoms with E-state index in [1.807, 2.05) is 120 Å². The monoisotopic (exact) mass is 1310 g/mol. The lowest BCUT2D eigenvalue weighted by Crippen LogP contribution is -2.23. The molecule has 18 nitrogen and oxygen atoms in total. The van der Waals surface area contributed by atoms with Gasteiger partial charge in [-0.25, -0.2) is 64.3 Å². The van der Waals surface area contributed by atoms with E-state index in [-0.39, 0.29) is 73.2 Å². The van der Waals surface area contributed by atoms with Gasteiger partial charge in [0.05, 0.1) is 96.1 Å². The van der Waals surface area contributed by atoms with Crippen LogP contribution in [0.2, 0.25) is 0 Å². The first-order valence-electron chi connectivity index (χ1n) is 29.7. The molecule has 480 valence electrons. The zero-order valence-electron chi connectivity index (χ0n) is 51.4. The van der Waals surface area contributed by atoms with Crippen molar-refractivity contribution in [3.05, 3.63) is 284 Å². The van der Waals surface area contributed by atoms with E-state index >= 15 is 0 Å². The minimum atomic E-state index is -4.05. The molecule has 0 aliphatic rings. The van der Waals surface area contributed by atoms with Crippen molar-refractivity contribution >= 4 is 41.7 Å². The minimum Gasteiger partial charge on any atom is -0.369 e. The Labute approximate surface area is 538 Å². The van der Waals surface area contributed by atoms with Gasteiger partial charge in [-0.1, -0.05) is 109 Å². The van der Waals surface area contributed by atoms with Gasteiger partial charge in [0.25, 0.3) is 11.1 Å². The summed E-state index contributed by atoms with van der Waals surface area (Å²) in [6.07, 6.45) is 5.07. The number of sulfone groups is 2. The molecule has 0 aliphatic heterocycles. The van der Waals surface area contributed by atoms with Crippen LogP contribution in [0.3, 0.4) is 0 Å². The number of aromatic nitrogens is 10. The van der Waals surface area contributed by atoms with Crippen LogP contribution in [0.15, 0.2) is 215 Å². The molecule has 6 aromatic carbocycles. The van der Waals surface area contributed by atoms with E-state index in [9.17, 15) is 44.0 Å². The van der Waals surface area contributed by atoms with E-state index in [1.54, 1.807) is 62.9 Å². The van der Waals surface area contributed by atoms with Gasteiger partial charge in [0.15, 0.2) is 11.6 Å². The third kappa shape index (κ3) is 15.5. The Morgan fingerprint density at radius 2 is 0.883 bits per heavy atom. The van der Waals surface area contributed by atoms with E-state index < -0.39 is 76.6 Å². The molecule has 0 aliphatic carbocycles. The maximum Gasteiger partial charge on any atom is 0.286 e.